The normalized spacial score (nSPS) is 15.6. The Hall–Kier alpha value is -3.59. The number of benzene rings is 1. The van der Waals surface area contributed by atoms with Gasteiger partial charge < -0.3 is 9.64 Å². The molecule has 0 spiro atoms. The fourth-order valence-corrected chi connectivity index (χ4v) is 4.38. The van der Waals surface area contributed by atoms with Crippen LogP contribution in [0.15, 0.2) is 24.4 Å². The maximum Gasteiger partial charge on any atom is 0.420 e. The fourth-order valence-electron chi connectivity index (χ4n) is 3.87. The molecular formula is C23H20F4N4O3S. The van der Waals surface area contributed by atoms with Gasteiger partial charge in [-0.3, -0.25) is 14.7 Å². The number of nitrogens with zero attached hydrogens (tertiary/aromatic N) is 4. The first-order valence-electron chi connectivity index (χ1n) is 10.2. The van der Waals surface area contributed by atoms with E-state index >= 15 is 4.39 Å². The van der Waals surface area contributed by atoms with Crippen LogP contribution in [0.2, 0.25) is 0 Å². The number of thiocarbonyl (C=S) groups is 1. The highest BCUT2D eigenvalue weighted by atomic mass is 32.1. The van der Waals surface area contributed by atoms with Gasteiger partial charge in [-0.05, 0) is 50.2 Å². The van der Waals surface area contributed by atoms with E-state index in [0.29, 0.717) is 10.6 Å². The number of methoxy groups -OCH3 is 1. The van der Waals surface area contributed by atoms with Crippen LogP contribution in [0, 0.1) is 17.1 Å². The number of pyridine rings is 1. The van der Waals surface area contributed by atoms with E-state index < -0.39 is 46.2 Å². The Morgan fingerprint density at radius 1 is 1.29 bits per heavy atom. The van der Waals surface area contributed by atoms with Gasteiger partial charge in [-0.2, -0.15) is 18.4 Å². The van der Waals surface area contributed by atoms with Crippen LogP contribution in [0.3, 0.4) is 0 Å². The molecule has 7 nitrogen and oxygen atoms in total. The van der Waals surface area contributed by atoms with Crippen LogP contribution in [0.4, 0.5) is 28.9 Å². The molecule has 1 aromatic heterocycles. The molecule has 1 aliphatic heterocycles. The first kappa shape index (κ1) is 26.0. The fraction of sp³-hybridized carbons (Fsp3) is 0.348. The van der Waals surface area contributed by atoms with Crippen molar-refractivity contribution in [2.45, 2.75) is 45.3 Å². The molecule has 1 amide bonds. The molecular weight excluding hydrogens is 488 g/mol. The first-order valence-corrected chi connectivity index (χ1v) is 10.7. The van der Waals surface area contributed by atoms with E-state index in [4.69, 9.17) is 22.2 Å². The number of aromatic nitrogens is 1. The largest absolute Gasteiger partial charge is 0.465 e. The molecule has 0 atom stereocenters. The molecule has 2 aromatic rings. The summed E-state index contributed by atoms with van der Waals surface area (Å²) in [6, 6.07) is 4.40. The Balaban J connectivity index is 2.20. The molecule has 3 rings (SSSR count). The van der Waals surface area contributed by atoms with Crippen molar-refractivity contribution in [2.24, 2.45) is 0 Å². The number of carbonyl (C=O) groups excluding carboxylic acids is 2. The summed E-state index contributed by atoms with van der Waals surface area (Å²) in [6.07, 6.45) is -3.82. The van der Waals surface area contributed by atoms with E-state index in [0.717, 1.165) is 12.1 Å². The van der Waals surface area contributed by atoms with Gasteiger partial charge in [0.05, 0.1) is 47.6 Å². The molecule has 35 heavy (non-hydrogen) atoms. The number of amides is 1. The minimum absolute atomic E-state index is 0.119. The summed E-state index contributed by atoms with van der Waals surface area (Å²) in [5.41, 5.74) is -4.21. The summed E-state index contributed by atoms with van der Waals surface area (Å²) in [5.74, 6) is -3.44. The summed E-state index contributed by atoms with van der Waals surface area (Å²) in [4.78, 5) is 31.9. The van der Waals surface area contributed by atoms with Crippen molar-refractivity contribution in [3.63, 3.8) is 0 Å². The topological polar surface area (TPSA) is 86.5 Å². The van der Waals surface area contributed by atoms with Gasteiger partial charge in [-0.1, -0.05) is 13.8 Å². The molecule has 0 bridgehead atoms. The lowest BCUT2D eigenvalue weighted by Crippen LogP contribution is -2.44. The number of alkyl halides is 3. The zero-order chi connectivity index (χ0) is 26.5. The predicted octanol–water partition coefficient (Wildman–Crippen LogP) is 4.94. The number of nitriles is 1. The van der Waals surface area contributed by atoms with Crippen LogP contribution in [-0.4, -0.2) is 34.6 Å². The zero-order valence-corrected chi connectivity index (χ0v) is 20.1. The Morgan fingerprint density at radius 3 is 2.43 bits per heavy atom. The zero-order valence-electron chi connectivity index (χ0n) is 19.3. The molecule has 0 unspecified atom stereocenters. The molecule has 12 heteroatoms. The minimum Gasteiger partial charge on any atom is -0.465 e. The third-order valence-electron chi connectivity index (χ3n) is 5.55. The van der Waals surface area contributed by atoms with E-state index in [1.165, 1.54) is 44.2 Å². The van der Waals surface area contributed by atoms with E-state index in [2.05, 4.69) is 4.98 Å². The number of carbonyl (C=O) groups is 2. The number of esters is 1. The second kappa shape index (κ2) is 8.88. The second-order valence-electron chi connectivity index (χ2n) is 8.52. The van der Waals surface area contributed by atoms with Crippen LogP contribution in [0.25, 0.3) is 0 Å². The molecule has 0 radical (unpaired) electrons. The second-order valence-corrected chi connectivity index (χ2v) is 8.89. The smallest absolute Gasteiger partial charge is 0.420 e. The van der Waals surface area contributed by atoms with Crippen molar-refractivity contribution in [2.75, 3.05) is 16.9 Å². The number of rotatable bonds is 4. The summed E-state index contributed by atoms with van der Waals surface area (Å²) in [6.45, 7) is 6.52. The quantitative estimate of drug-likeness (QED) is 0.329. The van der Waals surface area contributed by atoms with E-state index in [-0.39, 0.29) is 22.3 Å². The highest BCUT2D eigenvalue weighted by molar-refractivity contribution is 7.81. The van der Waals surface area contributed by atoms with Gasteiger partial charge in [0.15, 0.2) is 10.9 Å². The maximum atomic E-state index is 15.1. The average molecular weight is 508 g/mol. The van der Waals surface area contributed by atoms with Gasteiger partial charge in [0.25, 0.3) is 5.91 Å². The van der Waals surface area contributed by atoms with E-state index in [9.17, 15) is 22.8 Å². The molecule has 0 saturated carbocycles. The van der Waals surface area contributed by atoms with Gasteiger partial charge in [-0.25, -0.2) is 9.18 Å². The molecule has 0 aliphatic carbocycles. The minimum atomic E-state index is -5.18. The van der Waals surface area contributed by atoms with Crippen LogP contribution in [0.1, 0.15) is 60.8 Å². The Kier molecular flexibility index (Phi) is 6.61. The van der Waals surface area contributed by atoms with Crippen molar-refractivity contribution in [1.82, 2.24) is 4.98 Å². The first-order chi connectivity index (χ1) is 16.2. The third kappa shape index (κ3) is 4.20. The van der Waals surface area contributed by atoms with Crippen LogP contribution >= 0.6 is 12.2 Å². The van der Waals surface area contributed by atoms with Crippen molar-refractivity contribution >= 4 is 40.6 Å². The van der Waals surface area contributed by atoms with Gasteiger partial charge in [0, 0.05) is 0 Å². The van der Waals surface area contributed by atoms with E-state index in [1.807, 2.05) is 13.8 Å². The SMILES string of the molecule is COC(=O)c1cc(N2C(=S)N(c3ccc(C#N)c(C(F)(F)F)c3F)C(=O)C2(C)C)cnc1C(C)C. The van der Waals surface area contributed by atoms with E-state index in [1.54, 1.807) is 0 Å². The number of hydrogen-bond acceptors (Lipinski definition) is 6. The predicted molar refractivity (Wildman–Crippen MR) is 122 cm³/mol. The standard InChI is InChI=1S/C23H20F4N4O3S/c1-11(2)18-14(19(32)34-5)8-13(10-29-18)31-21(35)30(20(33)22(31,3)4)15-7-6-12(9-28)16(17(15)24)23(25,26)27/h6-8,10-11H,1-5H3. The average Bonchev–Trinajstić information content (AvgIpc) is 2.95. The number of anilines is 2. The molecule has 0 N–H and O–H groups in total. The number of ether oxygens (including phenoxy) is 1. The van der Waals surface area contributed by atoms with Gasteiger partial charge in [-0.15, -0.1) is 0 Å². The molecule has 1 saturated heterocycles. The molecule has 184 valence electrons. The molecule has 2 heterocycles. The summed E-state index contributed by atoms with van der Waals surface area (Å²) >= 11 is 5.41. The Labute approximate surface area is 203 Å². The maximum absolute atomic E-state index is 15.1. The summed E-state index contributed by atoms with van der Waals surface area (Å²) in [5, 5.41) is 8.69. The number of hydrogen-bond donors (Lipinski definition) is 0. The Morgan fingerprint density at radius 2 is 1.91 bits per heavy atom. The Bertz CT molecular complexity index is 1280. The van der Waals surface area contributed by atoms with Gasteiger partial charge in [0.1, 0.15) is 11.1 Å². The van der Waals surface area contributed by atoms with Crippen LogP contribution < -0.4 is 9.80 Å². The van der Waals surface area contributed by atoms with Crippen molar-refractivity contribution in [3.8, 4) is 6.07 Å². The lowest BCUT2D eigenvalue weighted by molar-refractivity contribution is -0.140. The summed E-state index contributed by atoms with van der Waals surface area (Å²) in [7, 11) is 1.20. The third-order valence-corrected chi connectivity index (χ3v) is 5.91. The summed E-state index contributed by atoms with van der Waals surface area (Å²) < 4.78 is 60.5. The van der Waals surface area contributed by atoms with Crippen molar-refractivity contribution in [3.05, 3.63) is 52.6 Å². The molecule has 1 aromatic carbocycles. The molecule has 1 aliphatic rings. The monoisotopic (exact) mass is 508 g/mol. The van der Waals surface area contributed by atoms with Crippen LogP contribution in [0.5, 0.6) is 0 Å². The lowest BCUT2D eigenvalue weighted by Gasteiger charge is -2.29. The van der Waals surface area contributed by atoms with Crippen LogP contribution in [-0.2, 0) is 15.7 Å². The highest BCUT2D eigenvalue weighted by Gasteiger charge is 2.52. The van der Waals surface area contributed by atoms with Crippen molar-refractivity contribution < 1.29 is 31.9 Å². The number of halogens is 4. The highest BCUT2D eigenvalue weighted by Crippen LogP contribution is 2.42. The lowest BCUT2D eigenvalue weighted by atomic mass is 10.0. The van der Waals surface area contributed by atoms with Gasteiger partial charge >= 0.3 is 12.1 Å². The van der Waals surface area contributed by atoms with Gasteiger partial charge in [0.2, 0.25) is 0 Å². The molecule has 1 fully saturated rings. The van der Waals surface area contributed by atoms with Crippen molar-refractivity contribution in [1.29, 1.82) is 5.26 Å².